The number of amides is 1. The summed E-state index contributed by atoms with van der Waals surface area (Å²) in [6, 6.07) is 1.68. The third-order valence-corrected chi connectivity index (χ3v) is 3.58. The topological polar surface area (TPSA) is 100 Å². The summed E-state index contributed by atoms with van der Waals surface area (Å²) >= 11 is 6.18. The van der Waals surface area contributed by atoms with Crippen molar-refractivity contribution < 1.29 is 33.3 Å². The molecule has 9 heteroatoms. The van der Waals surface area contributed by atoms with Gasteiger partial charge in [-0.15, -0.1) is 0 Å². The van der Waals surface area contributed by atoms with Crippen LogP contribution in [0.3, 0.4) is 0 Å². The van der Waals surface area contributed by atoms with Crippen molar-refractivity contribution in [1.29, 1.82) is 0 Å². The number of nitrogens with one attached hydrogen (secondary N) is 1. The molecule has 0 aliphatic heterocycles. The van der Waals surface area contributed by atoms with Crippen molar-refractivity contribution in [3.05, 3.63) is 28.8 Å². The second-order valence-electron chi connectivity index (χ2n) is 5.25. The van der Waals surface area contributed by atoms with Gasteiger partial charge in [0.1, 0.15) is 0 Å². The van der Waals surface area contributed by atoms with Gasteiger partial charge in [0.05, 0.1) is 32.0 Å². The molecule has 0 aliphatic carbocycles. The third-order valence-electron chi connectivity index (χ3n) is 3.30. The first kappa shape index (κ1) is 23.3. The molecule has 0 fully saturated rings. The van der Waals surface area contributed by atoms with Gasteiger partial charge in [0, 0.05) is 6.08 Å². The molecule has 0 heterocycles. The minimum absolute atomic E-state index is 0.0604. The van der Waals surface area contributed by atoms with Crippen molar-refractivity contribution in [1.82, 2.24) is 5.32 Å². The predicted molar refractivity (Wildman–Crippen MR) is 103 cm³/mol. The number of rotatable bonds is 10. The molecule has 0 atom stereocenters. The first-order valence-corrected chi connectivity index (χ1v) is 9.07. The van der Waals surface area contributed by atoms with Crippen LogP contribution in [0.1, 0.15) is 26.3 Å². The zero-order valence-electron chi connectivity index (χ0n) is 16.2. The maximum atomic E-state index is 12.2. The van der Waals surface area contributed by atoms with Gasteiger partial charge in [-0.1, -0.05) is 11.6 Å². The van der Waals surface area contributed by atoms with Gasteiger partial charge in [0.15, 0.2) is 11.5 Å². The Bertz CT molecular complexity index is 715. The highest BCUT2D eigenvalue weighted by atomic mass is 35.5. The maximum absolute atomic E-state index is 12.2. The van der Waals surface area contributed by atoms with Crippen molar-refractivity contribution in [3.8, 4) is 11.5 Å². The Morgan fingerprint density at radius 3 is 2.18 bits per heavy atom. The van der Waals surface area contributed by atoms with Crippen LogP contribution in [0.15, 0.2) is 18.2 Å². The van der Waals surface area contributed by atoms with Crippen LogP contribution < -0.4 is 14.8 Å². The quantitative estimate of drug-likeness (QED) is 0.357. The summed E-state index contributed by atoms with van der Waals surface area (Å²) in [5.41, 5.74) is 0.560. The number of hydrogen-bond acceptors (Lipinski definition) is 7. The number of benzene rings is 1. The van der Waals surface area contributed by atoms with E-state index in [0.29, 0.717) is 28.7 Å². The molecule has 154 valence electrons. The van der Waals surface area contributed by atoms with Gasteiger partial charge < -0.3 is 24.3 Å². The predicted octanol–water partition coefficient (Wildman–Crippen LogP) is 2.37. The molecular weight excluding hydrogens is 390 g/mol. The second-order valence-corrected chi connectivity index (χ2v) is 5.65. The molecule has 1 aromatic rings. The molecule has 1 amide bonds. The Morgan fingerprint density at radius 2 is 1.68 bits per heavy atom. The molecule has 1 N–H and O–H groups in total. The van der Waals surface area contributed by atoms with Gasteiger partial charge in [-0.25, -0.2) is 9.59 Å². The molecule has 0 spiro atoms. The Hall–Kier alpha value is -2.74. The number of esters is 2. The number of halogens is 1. The average molecular weight is 414 g/mol. The zero-order chi connectivity index (χ0) is 21.1. The lowest BCUT2D eigenvalue weighted by Crippen LogP contribution is -2.47. The molecule has 0 unspecified atom stereocenters. The van der Waals surface area contributed by atoms with Crippen molar-refractivity contribution in [2.24, 2.45) is 0 Å². The summed E-state index contributed by atoms with van der Waals surface area (Å²) in [6.07, 6.45) is 2.60. The normalized spacial score (nSPS) is 10.6. The molecule has 8 nitrogen and oxygen atoms in total. The maximum Gasteiger partial charge on any atom is 0.340 e. The minimum Gasteiger partial charge on any atom is -0.493 e. The molecule has 0 bridgehead atoms. The minimum atomic E-state index is -1.55. The van der Waals surface area contributed by atoms with Crippen LogP contribution in [0, 0.1) is 0 Å². The third kappa shape index (κ3) is 6.77. The smallest absolute Gasteiger partial charge is 0.340 e. The van der Waals surface area contributed by atoms with Crippen LogP contribution in [0.4, 0.5) is 0 Å². The van der Waals surface area contributed by atoms with E-state index in [-0.39, 0.29) is 13.2 Å². The van der Waals surface area contributed by atoms with Gasteiger partial charge in [0.25, 0.3) is 0 Å². The van der Waals surface area contributed by atoms with Crippen LogP contribution in [0.25, 0.3) is 6.08 Å². The van der Waals surface area contributed by atoms with Crippen molar-refractivity contribution in [2.75, 3.05) is 26.9 Å². The van der Waals surface area contributed by atoms with E-state index >= 15 is 0 Å². The van der Waals surface area contributed by atoms with Crippen LogP contribution >= 0.6 is 11.6 Å². The molecule has 0 aromatic heterocycles. The fourth-order valence-corrected chi connectivity index (χ4v) is 2.42. The van der Waals surface area contributed by atoms with E-state index in [0.717, 1.165) is 6.08 Å². The van der Waals surface area contributed by atoms with E-state index in [2.05, 4.69) is 5.32 Å². The van der Waals surface area contributed by atoms with E-state index in [4.69, 9.17) is 30.5 Å². The summed E-state index contributed by atoms with van der Waals surface area (Å²) in [4.78, 5) is 35.9. The lowest BCUT2D eigenvalue weighted by atomic mass is 10.1. The summed E-state index contributed by atoms with van der Waals surface area (Å²) in [5.74, 6) is -1.67. The number of hydrogen-bond donors (Lipinski definition) is 1. The van der Waals surface area contributed by atoms with Crippen LogP contribution in [0.2, 0.25) is 5.02 Å². The van der Waals surface area contributed by atoms with Gasteiger partial charge in [-0.05, 0) is 44.5 Å². The van der Waals surface area contributed by atoms with Gasteiger partial charge in [-0.3, -0.25) is 4.79 Å². The van der Waals surface area contributed by atoms with E-state index in [1.807, 2.05) is 6.92 Å². The monoisotopic (exact) mass is 413 g/mol. The van der Waals surface area contributed by atoms with E-state index in [1.165, 1.54) is 13.2 Å². The highest BCUT2D eigenvalue weighted by Crippen LogP contribution is 2.36. The fourth-order valence-electron chi connectivity index (χ4n) is 2.15. The highest BCUT2D eigenvalue weighted by molar-refractivity contribution is 6.32. The number of methoxy groups -OCH3 is 1. The largest absolute Gasteiger partial charge is 0.493 e. The summed E-state index contributed by atoms with van der Waals surface area (Å²) in [6.45, 7) is 5.53. The Morgan fingerprint density at radius 1 is 1.07 bits per heavy atom. The van der Waals surface area contributed by atoms with Gasteiger partial charge in [0.2, 0.25) is 11.9 Å². The molecule has 1 rings (SSSR count). The van der Waals surface area contributed by atoms with E-state index in [9.17, 15) is 14.4 Å². The Labute approximate surface area is 168 Å². The lowest BCUT2D eigenvalue weighted by Gasteiger charge is -2.15. The molecule has 0 radical (unpaired) electrons. The van der Waals surface area contributed by atoms with E-state index < -0.39 is 23.9 Å². The summed E-state index contributed by atoms with van der Waals surface area (Å²) in [5, 5.41) is 2.58. The summed E-state index contributed by atoms with van der Waals surface area (Å²) in [7, 11) is 1.47. The molecule has 28 heavy (non-hydrogen) atoms. The van der Waals surface area contributed by atoms with Crippen molar-refractivity contribution >= 4 is 35.5 Å². The standard InChI is InChI=1S/C19H24ClNO7/c1-5-26-17-13(20)10-12(11-14(17)25-4)8-9-15(22)21-16(18(23)27-6-2)19(24)28-7-3/h8-11,16H,5-7H2,1-4H3,(H,21,22)/b9-8+. The van der Waals surface area contributed by atoms with Crippen LogP contribution in [-0.2, 0) is 23.9 Å². The van der Waals surface area contributed by atoms with Crippen molar-refractivity contribution in [2.45, 2.75) is 26.8 Å². The molecule has 0 saturated heterocycles. The summed E-state index contributed by atoms with van der Waals surface area (Å²) < 4.78 is 20.3. The van der Waals surface area contributed by atoms with Crippen molar-refractivity contribution in [3.63, 3.8) is 0 Å². The zero-order valence-corrected chi connectivity index (χ0v) is 17.0. The fraction of sp³-hybridized carbons (Fsp3) is 0.421. The lowest BCUT2D eigenvalue weighted by molar-refractivity contribution is -0.159. The highest BCUT2D eigenvalue weighted by Gasteiger charge is 2.30. The van der Waals surface area contributed by atoms with Gasteiger partial charge in [-0.2, -0.15) is 0 Å². The molecule has 0 aliphatic rings. The van der Waals surface area contributed by atoms with E-state index in [1.54, 1.807) is 26.0 Å². The van der Waals surface area contributed by atoms with Crippen LogP contribution in [-0.4, -0.2) is 50.8 Å². The number of ether oxygens (including phenoxy) is 4. The average Bonchev–Trinajstić information content (AvgIpc) is 2.66. The molecular formula is C19H24ClNO7. The molecule has 0 saturated carbocycles. The SMILES string of the molecule is CCOC(=O)C(NC(=O)/C=C/c1cc(Cl)c(OCC)c(OC)c1)C(=O)OCC. The molecule has 1 aromatic carbocycles. The second kappa shape index (κ2) is 11.9. The first-order chi connectivity index (χ1) is 13.4. The van der Waals surface area contributed by atoms with Crippen LogP contribution in [0.5, 0.6) is 11.5 Å². The van der Waals surface area contributed by atoms with Gasteiger partial charge >= 0.3 is 11.9 Å². The first-order valence-electron chi connectivity index (χ1n) is 8.69. The Kier molecular flexibility index (Phi) is 9.87. The Balaban J connectivity index is 2.95. The number of carbonyl (C=O) groups excluding carboxylic acids is 3. The number of carbonyl (C=O) groups is 3.